The molecule has 0 radical (unpaired) electrons. The van der Waals surface area contributed by atoms with E-state index in [1.807, 2.05) is 20.2 Å². The molecule has 3 heterocycles. The summed E-state index contributed by atoms with van der Waals surface area (Å²) in [6.07, 6.45) is 4.21. The molecule has 1 N–H and O–H groups in total. The van der Waals surface area contributed by atoms with Gasteiger partial charge in [0, 0.05) is 26.7 Å². The Labute approximate surface area is 154 Å². The summed E-state index contributed by atoms with van der Waals surface area (Å²) in [5.74, 6) is 2.34. The average molecular weight is 350 g/mol. The Bertz CT molecular complexity index is 873. The summed E-state index contributed by atoms with van der Waals surface area (Å²) >= 11 is 0. The van der Waals surface area contributed by atoms with Crippen molar-refractivity contribution >= 4 is 16.9 Å². The Kier molecular flexibility index (Phi) is 4.84. The highest BCUT2D eigenvalue weighted by Gasteiger charge is 2.22. The molecule has 1 aromatic carbocycles. The van der Waals surface area contributed by atoms with Crippen LogP contribution >= 0.6 is 0 Å². The predicted molar refractivity (Wildman–Crippen MR) is 104 cm³/mol. The largest absolute Gasteiger partial charge is 0.369 e. The lowest BCUT2D eigenvalue weighted by molar-refractivity contribution is 0.330. The molecule has 6 heteroatoms. The van der Waals surface area contributed by atoms with Crippen LogP contribution in [0.5, 0.6) is 0 Å². The molecule has 136 valence electrons. The van der Waals surface area contributed by atoms with Crippen LogP contribution in [0.4, 0.5) is 5.82 Å². The zero-order valence-corrected chi connectivity index (χ0v) is 15.5. The van der Waals surface area contributed by atoms with E-state index in [4.69, 9.17) is 0 Å². The third-order valence-corrected chi connectivity index (χ3v) is 5.19. The molecular formula is C20H26N6. The Balaban J connectivity index is 1.32. The SMILES string of the molecule is Cc1nc(NC[C@@H]2CCN(CCc3ccccc3)C2)c2cnn(C)c2n1. The number of fused-ring (bicyclic) bond motifs is 1. The van der Waals surface area contributed by atoms with Gasteiger partial charge in [0.15, 0.2) is 5.65 Å². The van der Waals surface area contributed by atoms with E-state index in [0.29, 0.717) is 5.92 Å². The van der Waals surface area contributed by atoms with E-state index in [-0.39, 0.29) is 0 Å². The van der Waals surface area contributed by atoms with Gasteiger partial charge in [0.05, 0.1) is 11.6 Å². The number of anilines is 1. The first-order valence-corrected chi connectivity index (χ1v) is 9.35. The van der Waals surface area contributed by atoms with Gasteiger partial charge >= 0.3 is 0 Å². The molecule has 2 aromatic heterocycles. The van der Waals surface area contributed by atoms with E-state index < -0.39 is 0 Å². The molecule has 3 aromatic rings. The lowest BCUT2D eigenvalue weighted by Gasteiger charge is -2.16. The van der Waals surface area contributed by atoms with Gasteiger partial charge < -0.3 is 10.2 Å². The Morgan fingerprint density at radius 3 is 2.88 bits per heavy atom. The van der Waals surface area contributed by atoms with E-state index in [1.165, 1.54) is 18.5 Å². The van der Waals surface area contributed by atoms with Crippen molar-refractivity contribution in [2.24, 2.45) is 13.0 Å². The van der Waals surface area contributed by atoms with Crippen LogP contribution in [0.15, 0.2) is 36.5 Å². The van der Waals surface area contributed by atoms with E-state index in [2.05, 4.69) is 55.6 Å². The highest BCUT2D eigenvalue weighted by molar-refractivity contribution is 5.86. The molecule has 26 heavy (non-hydrogen) atoms. The van der Waals surface area contributed by atoms with Gasteiger partial charge in [0.25, 0.3) is 0 Å². The van der Waals surface area contributed by atoms with Crippen LogP contribution < -0.4 is 5.32 Å². The summed E-state index contributed by atoms with van der Waals surface area (Å²) in [6.45, 7) is 6.35. The summed E-state index contributed by atoms with van der Waals surface area (Å²) in [7, 11) is 1.92. The molecule has 0 saturated carbocycles. The minimum Gasteiger partial charge on any atom is -0.369 e. The topological polar surface area (TPSA) is 58.9 Å². The third kappa shape index (κ3) is 3.70. The summed E-state index contributed by atoms with van der Waals surface area (Å²) in [5.41, 5.74) is 2.31. The lowest BCUT2D eigenvalue weighted by atomic mass is 10.1. The van der Waals surface area contributed by atoms with Crippen LogP contribution in [-0.2, 0) is 13.5 Å². The summed E-state index contributed by atoms with van der Waals surface area (Å²) in [6, 6.07) is 10.7. The molecule has 1 saturated heterocycles. The van der Waals surface area contributed by atoms with Crippen molar-refractivity contribution in [2.75, 3.05) is 31.5 Å². The Morgan fingerprint density at radius 2 is 2.04 bits per heavy atom. The predicted octanol–water partition coefficient (Wildman–Crippen LogP) is 2.65. The maximum Gasteiger partial charge on any atom is 0.163 e. The molecule has 0 spiro atoms. The average Bonchev–Trinajstić information content (AvgIpc) is 3.26. The summed E-state index contributed by atoms with van der Waals surface area (Å²) in [4.78, 5) is 11.6. The monoisotopic (exact) mass is 350 g/mol. The maximum absolute atomic E-state index is 4.58. The number of likely N-dealkylation sites (tertiary alicyclic amines) is 1. The van der Waals surface area contributed by atoms with Crippen LogP contribution in [-0.4, -0.2) is 50.8 Å². The zero-order chi connectivity index (χ0) is 17.9. The number of hydrogen-bond donors (Lipinski definition) is 1. The fourth-order valence-corrected chi connectivity index (χ4v) is 3.72. The number of hydrogen-bond acceptors (Lipinski definition) is 5. The molecule has 1 fully saturated rings. The minimum atomic E-state index is 0.660. The van der Waals surface area contributed by atoms with Crippen LogP contribution in [0, 0.1) is 12.8 Å². The standard InChI is InChI=1S/C20H26N6/c1-15-23-19(18-13-22-25(2)20(18)24-15)21-12-17-9-11-26(14-17)10-8-16-6-4-3-5-7-16/h3-7,13,17H,8-12,14H2,1-2H3,(H,21,23,24)/t17-/m0/s1. The maximum atomic E-state index is 4.58. The van der Waals surface area contributed by atoms with E-state index >= 15 is 0 Å². The molecular weight excluding hydrogens is 324 g/mol. The van der Waals surface area contributed by atoms with Crippen LogP contribution in [0.25, 0.3) is 11.0 Å². The minimum absolute atomic E-state index is 0.660. The second-order valence-corrected chi connectivity index (χ2v) is 7.20. The second kappa shape index (κ2) is 7.41. The number of aromatic nitrogens is 4. The first-order valence-electron chi connectivity index (χ1n) is 9.35. The molecule has 6 nitrogen and oxygen atoms in total. The van der Waals surface area contributed by atoms with Gasteiger partial charge in [-0.25, -0.2) is 9.97 Å². The van der Waals surface area contributed by atoms with Crippen LogP contribution in [0.2, 0.25) is 0 Å². The number of benzene rings is 1. The third-order valence-electron chi connectivity index (χ3n) is 5.19. The molecule has 4 rings (SSSR count). The van der Waals surface area contributed by atoms with Gasteiger partial charge in [-0.3, -0.25) is 4.68 Å². The number of nitrogens with one attached hydrogen (secondary N) is 1. The first kappa shape index (κ1) is 17.0. The fraction of sp³-hybridized carbons (Fsp3) is 0.450. The van der Waals surface area contributed by atoms with Crippen molar-refractivity contribution in [3.8, 4) is 0 Å². The molecule has 0 bridgehead atoms. The van der Waals surface area contributed by atoms with Crippen molar-refractivity contribution in [2.45, 2.75) is 19.8 Å². The molecule has 1 atom stereocenters. The Morgan fingerprint density at radius 1 is 1.19 bits per heavy atom. The van der Waals surface area contributed by atoms with Crippen molar-refractivity contribution in [1.29, 1.82) is 0 Å². The molecule has 1 aliphatic rings. The fourth-order valence-electron chi connectivity index (χ4n) is 3.72. The lowest BCUT2D eigenvalue weighted by Crippen LogP contribution is -2.25. The molecule has 1 aliphatic heterocycles. The van der Waals surface area contributed by atoms with Gasteiger partial charge in [-0.1, -0.05) is 30.3 Å². The number of aryl methyl sites for hydroxylation is 2. The summed E-state index contributed by atoms with van der Waals surface area (Å²) < 4.78 is 1.80. The molecule has 0 amide bonds. The zero-order valence-electron chi connectivity index (χ0n) is 15.5. The van der Waals surface area contributed by atoms with E-state index in [9.17, 15) is 0 Å². The molecule has 0 aliphatic carbocycles. The highest BCUT2D eigenvalue weighted by Crippen LogP contribution is 2.22. The number of nitrogens with zero attached hydrogens (tertiary/aromatic N) is 5. The van der Waals surface area contributed by atoms with Crippen molar-refractivity contribution < 1.29 is 0 Å². The first-order chi connectivity index (χ1) is 12.7. The van der Waals surface area contributed by atoms with Crippen molar-refractivity contribution in [1.82, 2.24) is 24.6 Å². The van der Waals surface area contributed by atoms with Gasteiger partial charge in [-0.15, -0.1) is 0 Å². The van der Waals surface area contributed by atoms with Gasteiger partial charge in [0.1, 0.15) is 11.6 Å². The van der Waals surface area contributed by atoms with Crippen molar-refractivity contribution in [3.05, 3.63) is 47.9 Å². The summed E-state index contributed by atoms with van der Waals surface area (Å²) in [5, 5.41) is 8.85. The van der Waals surface area contributed by atoms with Gasteiger partial charge in [0.2, 0.25) is 0 Å². The van der Waals surface area contributed by atoms with Crippen molar-refractivity contribution in [3.63, 3.8) is 0 Å². The van der Waals surface area contributed by atoms with Gasteiger partial charge in [-0.2, -0.15) is 5.10 Å². The number of rotatable bonds is 6. The highest BCUT2D eigenvalue weighted by atomic mass is 15.3. The quantitative estimate of drug-likeness (QED) is 0.741. The van der Waals surface area contributed by atoms with E-state index in [0.717, 1.165) is 48.7 Å². The van der Waals surface area contributed by atoms with Crippen LogP contribution in [0.3, 0.4) is 0 Å². The normalized spacial score (nSPS) is 17.8. The molecule has 0 unspecified atom stereocenters. The van der Waals surface area contributed by atoms with Gasteiger partial charge in [-0.05, 0) is 37.8 Å². The smallest absolute Gasteiger partial charge is 0.163 e. The van der Waals surface area contributed by atoms with E-state index in [1.54, 1.807) is 4.68 Å². The second-order valence-electron chi connectivity index (χ2n) is 7.20. The van der Waals surface area contributed by atoms with Crippen LogP contribution in [0.1, 0.15) is 17.8 Å². The Hall–Kier alpha value is -2.47.